The van der Waals surface area contributed by atoms with Crippen LogP contribution in [0, 0.1) is 5.41 Å². The Balaban J connectivity index is 3.01. The van der Waals surface area contributed by atoms with E-state index in [1.54, 1.807) is 0 Å². The Kier molecular flexibility index (Phi) is 1.99. The van der Waals surface area contributed by atoms with Crippen LogP contribution in [0.15, 0.2) is 28.4 Å². The maximum absolute atomic E-state index is 4.35. The molecule has 0 unspecified atom stereocenters. The molecule has 0 aromatic carbocycles. The van der Waals surface area contributed by atoms with Gasteiger partial charge in [0.1, 0.15) is 0 Å². The zero-order valence-corrected chi connectivity index (χ0v) is 7.68. The summed E-state index contributed by atoms with van der Waals surface area (Å²) in [7, 11) is 0. The van der Waals surface area contributed by atoms with Crippen LogP contribution in [0.4, 0.5) is 0 Å². The lowest BCUT2D eigenvalue weighted by atomic mass is 9.95. The van der Waals surface area contributed by atoms with Gasteiger partial charge in [0, 0.05) is 17.3 Å². The molecule has 11 heavy (non-hydrogen) atoms. The van der Waals surface area contributed by atoms with E-state index in [4.69, 9.17) is 0 Å². The number of nitrogens with zero attached hydrogens (tertiary/aromatic N) is 1. The summed E-state index contributed by atoms with van der Waals surface area (Å²) < 4.78 is 0. The second-order valence-corrected chi connectivity index (χ2v) is 3.68. The lowest BCUT2D eigenvalue weighted by molar-refractivity contribution is 0.694. The first-order chi connectivity index (χ1) is 5.01. The molecule has 0 saturated heterocycles. The Labute approximate surface area is 68.5 Å². The molecule has 1 aliphatic heterocycles. The number of rotatable bonds is 0. The van der Waals surface area contributed by atoms with Crippen LogP contribution >= 0.6 is 0 Å². The molecule has 1 aliphatic rings. The van der Waals surface area contributed by atoms with Crippen molar-refractivity contribution in [3.63, 3.8) is 0 Å². The van der Waals surface area contributed by atoms with Gasteiger partial charge in [-0.3, -0.25) is 4.99 Å². The largest absolute Gasteiger partial charge is 0.265 e. The maximum atomic E-state index is 4.35. The summed E-state index contributed by atoms with van der Waals surface area (Å²) >= 11 is 0. The summed E-state index contributed by atoms with van der Waals surface area (Å²) in [5.41, 5.74) is 2.48. The van der Waals surface area contributed by atoms with E-state index < -0.39 is 0 Å². The molecule has 0 N–H and O–H groups in total. The van der Waals surface area contributed by atoms with Crippen molar-refractivity contribution in [3.05, 3.63) is 23.4 Å². The molecule has 0 fully saturated rings. The molecule has 1 rings (SSSR count). The van der Waals surface area contributed by atoms with Crippen molar-refractivity contribution in [2.24, 2.45) is 10.4 Å². The van der Waals surface area contributed by atoms with Crippen molar-refractivity contribution in [2.75, 3.05) is 0 Å². The van der Waals surface area contributed by atoms with Crippen molar-refractivity contribution in [3.8, 4) is 0 Å². The SMILES string of the molecule is CC1=C(C)N=CC(C)(C)C=C1. The summed E-state index contributed by atoms with van der Waals surface area (Å²) in [6.07, 6.45) is 6.32. The van der Waals surface area contributed by atoms with Gasteiger partial charge in [-0.25, -0.2) is 0 Å². The van der Waals surface area contributed by atoms with Gasteiger partial charge in [0.2, 0.25) is 0 Å². The molecule has 0 spiro atoms. The smallest absolute Gasteiger partial charge is 0.0398 e. The summed E-state index contributed by atoms with van der Waals surface area (Å²) in [5.74, 6) is 0. The Morgan fingerprint density at radius 3 is 2.55 bits per heavy atom. The minimum atomic E-state index is 0.110. The van der Waals surface area contributed by atoms with Crippen molar-refractivity contribution in [1.82, 2.24) is 0 Å². The summed E-state index contributed by atoms with van der Waals surface area (Å²) in [4.78, 5) is 4.35. The van der Waals surface area contributed by atoms with Crippen molar-refractivity contribution in [2.45, 2.75) is 27.7 Å². The second-order valence-electron chi connectivity index (χ2n) is 3.68. The summed E-state index contributed by atoms with van der Waals surface area (Å²) in [5, 5.41) is 0. The average molecular weight is 149 g/mol. The third kappa shape index (κ3) is 2.04. The van der Waals surface area contributed by atoms with E-state index in [2.05, 4.69) is 37.9 Å². The molecule has 60 valence electrons. The molecule has 0 atom stereocenters. The summed E-state index contributed by atoms with van der Waals surface area (Å²) in [6, 6.07) is 0. The standard InChI is InChI=1S/C10H15N/c1-8-5-6-10(3,4)7-11-9(8)2/h5-7H,1-4H3. The number of hydrogen-bond acceptors (Lipinski definition) is 1. The highest BCUT2D eigenvalue weighted by atomic mass is 14.7. The van der Waals surface area contributed by atoms with Crippen LogP contribution in [0.1, 0.15) is 27.7 Å². The molecule has 0 bridgehead atoms. The first-order valence-electron chi connectivity index (χ1n) is 3.93. The Hall–Kier alpha value is -0.850. The van der Waals surface area contributed by atoms with Crippen LogP contribution in [0.25, 0.3) is 0 Å². The van der Waals surface area contributed by atoms with Gasteiger partial charge < -0.3 is 0 Å². The minimum Gasteiger partial charge on any atom is -0.265 e. The molecule has 0 aromatic rings. The van der Waals surface area contributed by atoms with Gasteiger partial charge in [0.15, 0.2) is 0 Å². The predicted octanol–water partition coefficient (Wildman–Crippen LogP) is 2.95. The maximum Gasteiger partial charge on any atom is 0.0398 e. The number of allylic oxidation sites excluding steroid dienone is 4. The van der Waals surface area contributed by atoms with E-state index >= 15 is 0 Å². The lowest BCUT2D eigenvalue weighted by Gasteiger charge is -2.10. The highest BCUT2D eigenvalue weighted by Gasteiger charge is 2.11. The number of hydrogen-bond donors (Lipinski definition) is 0. The van der Waals surface area contributed by atoms with Gasteiger partial charge in [-0.2, -0.15) is 0 Å². The Morgan fingerprint density at radius 2 is 1.91 bits per heavy atom. The molecule has 0 radical (unpaired) electrons. The van der Waals surface area contributed by atoms with Gasteiger partial charge in [-0.15, -0.1) is 0 Å². The molecular weight excluding hydrogens is 134 g/mol. The molecule has 0 amide bonds. The van der Waals surface area contributed by atoms with Crippen LogP contribution in [0.3, 0.4) is 0 Å². The molecule has 1 nitrogen and oxygen atoms in total. The molecule has 0 aliphatic carbocycles. The first-order valence-corrected chi connectivity index (χ1v) is 3.93. The predicted molar refractivity (Wildman–Crippen MR) is 49.8 cm³/mol. The van der Waals surface area contributed by atoms with E-state index in [1.165, 1.54) is 5.57 Å². The number of aliphatic imine (C=N–C) groups is 1. The van der Waals surface area contributed by atoms with E-state index in [9.17, 15) is 0 Å². The van der Waals surface area contributed by atoms with Crippen LogP contribution in [0.2, 0.25) is 0 Å². The quantitative estimate of drug-likeness (QED) is 0.502. The monoisotopic (exact) mass is 149 g/mol. The third-order valence-electron chi connectivity index (χ3n) is 1.92. The van der Waals surface area contributed by atoms with Gasteiger partial charge in [-0.05, 0) is 19.4 Å². The fourth-order valence-electron chi connectivity index (χ4n) is 0.868. The highest BCUT2D eigenvalue weighted by Crippen LogP contribution is 2.20. The fraction of sp³-hybridized carbons (Fsp3) is 0.500. The van der Waals surface area contributed by atoms with Gasteiger partial charge in [0.05, 0.1) is 0 Å². The van der Waals surface area contributed by atoms with E-state index in [0.717, 1.165) is 5.70 Å². The van der Waals surface area contributed by atoms with Gasteiger partial charge >= 0.3 is 0 Å². The molecule has 0 aromatic heterocycles. The van der Waals surface area contributed by atoms with Crippen LogP contribution in [-0.2, 0) is 0 Å². The Bertz CT molecular complexity index is 218. The van der Waals surface area contributed by atoms with E-state index in [1.807, 2.05) is 13.1 Å². The topological polar surface area (TPSA) is 12.4 Å². The highest BCUT2D eigenvalue weighted by molar-refractivity contribution is 5.70. The normalized spacial score (nSPS) is 22.2. The summed E-state index contributed by atoms with van der Waals surface area (Å²) in [6.45, 7) is 8.43. The third-order valence-corrected chi connectivity index (χ3v) is 1.92. The van der Waals surface area contributed by atoms with E-state index in [0.29, 0.717) is 0 Å². The lowest BCUT2D eigenvalue weighted by Crippen LogP contribution is -2.07. The van der Waals surface area contributed by atoms with Crippen molar-refractivity contribution >= 4 is 6.21 Å². The fourth-order valence-corrected chi connectivity index (χ4v) is 0.868. The zero-order valence-electron chi connectivity index (χ0n) is 7.68. The van der Waals surface area contributed by atoms with Gasteiger partial charge in [0.25, 0.3) is 0 Å². The van der Waals surface area contributed by atoms with Crippen LogP contribution in [-0.4, -0.2) is 6.21 Å². The zero-order chi connectivity index (χ0) is 8.48. The van der Waals surface area contributed by atoms with Crippen LogP contribution in [0.5, 0.6) is 0 Å². The second kappa shape index (κ2) is 2.65. The minimum absolute atomic E-state index is 0.110. The van der Waals surface area contributed by atoms with Crippen LogP contribution < -0.4 is 0 Å². The van der Waals surface area contributed by atoms with E-state index in [-0.39, 0.29) is 5.41 Å². The first kappa shape index (κ1) is 8.25. The molecule has 1 heterocycles. The van der Waals surface area contributed by atoms with Gasteiger partial charge in [-0.1, -0.05) is 26.0 Å². The van der Waals surface area contributed by atoms with Crippen molar-refractivity contribution in [1.29, 1.82) is 0 Å². The molecule has 1 heteroatoms. The molecule has 0 saturated carbocycles. The van der Waals surface area contributed by atoms with Crippen molar-refractivity contribution < 1.29 is 0 Å². The Morgan fingerprint density at radius 1 is 1.27 bits per heavy atom. The molecular formula is C10H15N. The average Bonchev–Trinajstić information content (AvgIpc) is 2.03.